The number of rotatable bonds is 3. The van der Waals surface area contributed by atoms with Gasteiger partial charge in [0.1, 0.15) is 0 Å². The van der Waals surface area contributed by atoms with Crippen LogP contribution in [0, 0.1) is 13.8 Å². The quantitative estimate of drug-likeness (QED) is 0.780. The lowest BCUT2D eigenvalue weighted by atomic mass is 10.1. The summed E-state index contributed by atoms with van der Waals surface area (Å²) in [5.41, 5.74) is 6.83. The number of aliphatic carboxylic acids is 1. The largest absolute Gasteiger partial charge is 0.481 e. The molecular weight excluding hydrogens is 186 g/mol. The molecule has 0 radical (unpaired) electrons. The second kappa shape index (κ2) is 3.89. The Hall–Kier alpha value is -0.870. The summed E-state index contributed by atoms with van der Waals surface area (Å²) < 4.78 is 0. The van der Waals surface area contributed by atoms with E-state index in [4.69, 9.17) is 10.8 Å². The Balaban J connectivity index is 2.81. The van der Waals surface area contributed by atoms with Gasteiger partial charge in [0.05, 0.1) is 6.42 Å². The normalized spacial score (nSPS) is 12.8. The lowest BCUT2D eigenvalue weighted by Gasteiger charge is -2.06. The highest BCUT2D eigenvalue weighted by Gasteiger charge is 2.14. The van der Waals surface area contributed by atoms with Crippen molar-refractivity contribution >= 4 is 17.3 Å². The monoisotopic (exact) mass is 199 g/mol. The average molecular weight is 199 g/mol. The first-order valence-electron chi connectivity index (χ1n) is 4.05. The molecule has 0 bridgehead atoms. The summed E-state index contributed by atoms with van der Waals surface area (Å²) in [7, 11) is 0. The third kappa shape index (κ3) is 2.54. The summed E-state index contributed by atoms with van der Waals surface area (Å²) in [5, 5.41) is 8.57. The van der Waals surface area contributed by atoms with Crippen molar-refractivity contribution in [3.05, 3.63) is 21.4 Å². The maximum Gasteiger partial charge on any atom is 0.305 e. The smallest absolute Gasteiger partial charge is 0.305 e. The fourth-order valence-electron chi connectivity index (χ4n) is 1.31. The van der Waals surface area contributed by atoms with Crippen LogP contribution in [0.2, 0.25) is 0 Å². The summed E-state index contributed by atoms with van der Waals surface area (Å²) in [6, 6.07) is 1.66. The lowest BCUT2D eigenvalue weighted by molar-refractivity contribution is -0.137. The summed E-state index contributed by atoms with van der Waals surface area (Å²) in [4.78, 5) is 12.6. The Morgan fingerprint density at radius 3 is 2.69 bits per heavy atom. The Labute approximate surface area is 81.2 Å². The zero-order valence-electron chi connectivity index (χ0n) is 7.70. The summed E-state index contributed by atoms with van der Waals surface area (Å²) in [6.07, 6.45) is 0.000787. The molecule has 4 heteroatoms. The molecule has 0 aliphatic carbocycles. The third-order valence-electron chi connectivity index (χ3n) is 1.81. The second-order valence-electron chi connectivity index (χ2n) is 3.11. The second-order valence-corrected chi connectivity index (χ2v) is 4.40. The summed E-state index contributed by atoms with van der Waals surface area (Å²) in [5.74, 6) is -0.849. The summed E-state index contributed by atoms with van der Waals surface area (Å²) in [6.45, 7) is 3.95. The van der Waals surface area contributed by atoms with Gasteiger partial charge in [-0.25, -0.2) is 0 Å². The highest BCUT2D eigenvalue weighted by Crippen LogP contribution is 2.27. The van der Waals surface area contributed by atoms with Crippen LogP contribution in [0.3, 0.4) is 0 Å². The Morgan fingerprint density at radius 1 is 1.69 bits per heavy atom. The van der Waals surface area contributed by atoms with Crippen molar-refractivity contribution in [2.24, 2.45) is 5.73 Å². The van der Waals surface area contributed by atoms with Crippen molar-refractivity contribution in [2.75, 3.05) is 0 Å². The van der Waals surface area contributed by atoms with Gasteiger partial charge in [-0.1, -0.05) is 0 Å². The highest BCUT2D eigenvalue weighted by molar-refractivity contribution is 7.12. The number of hydrogen-bond acceptors (Lipinski definition) is 3. The van der Waals surface area contributed by atoms with Gasteiger partial charge in [0.15, 0.2) is 0 Å². The maximum atomic E-state index is 10.4. The number of carboxylic acids is 1. The zero-order valence-corrected chi connectivity index (χ0v) is 8.52. The Kier molecular flexibility index (Phi) is 3.06. The first kappa shape index (κ1) is 10.2. The van der Waals surface area contributed by atoms with Gasteiger partial charge in [-0.3, -0.25) is 4.79 Å². The Morgan fingerprint density at radius 2 is 2.31 bits per heavy atom. The minimum absolute atomic E-state index is 0.000787. The van der Waals surface area contributed by atoms with Gasteiger partial charge >= 0.3 is 5.97 Å². The van der Waals surface area contributed by atoms with E-state index in [0.29, 0.717) is 0 Å². The van der Waals surface area contributed by atoms with Gasteiger partial charge < -0.3 is 10.8 Å². The topological polar surface area (TPSA) is 63.3 Å². The molecule has 1 aromatic heterocycles. The number of carboxylic acid groups (broad SMARTS) is 1. The van der Waals surface area contributed by atoms with Crippen molar-refractivity contribution in [1.82, 2.24) is 0 Å². The molecule has 0 aliphatic heterocycles. The van der Waals surface area contributed by atoms with Crippen molar-refractivity contribution < 1.29 is 9.90 Å². The van der Waals surface area contributed by atoms with E-state index in [0.717, 1.165) is 10.4 Å². The lowest BCUT2D eigenvalue weighted by Crippen LogP contribution is -2.14. The molecule has 13 heavy (non-hydrogen) atoms. The van der Waals surface area contributed by atoms with Gasteiger partial charge in [-0.2, -0.15) is 0 Å². The molecule has 3 nitrogen and oxygen atoms in total. The Bertz CT molecular complexity index is 319. The molecule has 0 saturated heterocycles. The molecule has 1 aromatic rings. The average Bonchev–Trinajstić information content (AvgIpc) is 2.28. The molecule has 0 aliphatic rings. The molecular formula is C9H13NO2S. The van der Waals surface area contributed by atoms with Gasteiger partial charge in [0, 0.05) is 15.8 Å². The van der Waals surface area contributed by atoms with Gasteiger partial charge in [-0.15, -0.1) is 11.3 Å². The molecule has 3 N–H and O–H groups in total. The van der Waals surface area contributed by atoms with E-state index < -0.39 is 5.97 Å². The van der Waals surface area contributed by atoms with Gasteiger partial charge in [0.25, 0.3) is 0 Å². The molecule has 0 saturated carbocycles. The number of thiophene rings is 1. The van der Waals surface area contributed by atoms with Crippen LogP contribution >= 0.6 is 11.3 Å². The molecule has 0 spiro atoms. The summed E-state index contributed by atoms with van der Waals surface area (Å²) >= 11 is 1.58. The molecule has 1 rings (SSSR count). The molecule has 1 unspecified atom stereocenters. The van der Waals surface area contributed by atoms with Crippen LogP contribution in [-0.4, -0.2) is 11.1 Å². The molecule has 0 aromatic carbocycles. The van der Waals surface area contributed by atoms with Crippen LogP contribution in [0.15, 0.2) is 6.07 Å². The van der Waals surface area contributed by atoms with E-state index in [1.807, 2.05) is 19.9 Å². The van der Waals surface area contributed by atoms with Crippen molar-refractivity contribution in [3.63, 3.8) is 0 Å². The predicted octanol–water partition coefficient (Wildman–Crippen LogP) is 1.84. The number of aryl methyl sites for hydroxylation is 2. The van der Waals surface area contributed by atoms with Crippen LogP contribution < -0.4 is 5.73 Å². The SMILES string of the molecule is Cc1cc(C)c(C(N)CC(=O)O)s1. The third-order valence-corrected chi connectivity index (χ3v) is 3.10. The molecule has 1 atom stereocenters. The van der Waals surface area contributed by atoms with Crippen molar-refractivity contribution in [2.45, 2.75) is 26.3 Å². The van der Waals surface area contributed by atoms with Crippen LogP contribution in [0.4, 0.5) is 0 Å². The molecule has 0 amide bonds. The predicted molar refractivity (Wildman–Crippen MR) is 53.0 cm³/mol. The van der Waals surface area contributed by atoms with E-state index in [1.165, 1.54) is 4.88 Å². The van der Waals surface area contributed by atoms with E-state index in [2.05, 4.69) is 0 Å². The fourth-order valence-corrected chi connectivity index (χ4v) is 2.35. The minimum atomic E-state index is -0.849. The van der Waals surface area contributed by atoms with Crippen LogP contribution in [0.25, 0.3) is 0 Å². The van der Waals surface area contributed by atoms with Crippen molar-refractivity contribution in [3.8, 4) is 0 Å². The number of nitrogens with two attached hydrogens (primary N) is 1. The van der Waals surface area contributed by atoms with E-state index in [1.54, 1.807) is 11.3 Å². The van der Waals surface area contributed by atoms with Gasteiger partial charge in [0.2, 0.25) is 0 Å². The highest BCUT2D eigenvalue weighted by atomic mass is 32.1. The molecule has 72 valence electrons. The standard InChI is InChI=1S/C9H13NO2S/c1-5-3-6(2)13-9(5)7(10)4-8(11)12/h3,7H,4,10H2,1-2H3,(H,11,12). The minimum Gasteiger partial charge on any atom is -0.481 e. The maximum absolute atomic E-state index is 10.4. The molecule has 0 fully saturated rings. The van der Waals surface area contributed by atoms with Gasteiger partial charge in [-0.05, 0) is 25.5 Å². The van der Waals surface area contributed by atoms with E-state index >= 15 is 0 Å². The number of carbonyl (C=O) groups is 1. The molecule has 1 heterocycles. The van der Waals surface area contributed by atoms with Crippen LogP contribution in [-0.2, 0) is 4.79 Å². The first-order valence-corrected chi connectivity index (χ1v) is 4.86. The van der Waals surface area contributed by atoms with E-state index in [9.17, 15) is 4.79 Å². The van der Waals surface area contributed by atoms with Crippen LogP contribution in [0.5, 0.6) is 0 Å². The van der Waals surface area contributed by atoms with Crippen LogP contribution in [0.1, 0.15) is 27.8 Å². The number of hydrogen-bond donors (Lipinski definition) is 2. The van der Waals surface area contributed by atoms with E-state index in [-0.39, 0.29) is 12.5 Å². The first-order chi connectivity index (χ1) is 6.00. The van der Waals surface area contributed by atoms with Crippen molar-refractivity contribution in [1.29, 1.82) is 0 Å². The fraction of sp³-hybridized carbons (Fsp3) is 0.444. The zero-order chi connectivity index (χ0) is 10.0.